The van der Waals surface area contributed by atoms with Crippen LogP contribution in [0.4, 0.5) is 0 Å². The lowest BCUT2D eigenvalue weighted by Gasteiger charge is -2.28. The Morgan fingerprint density at radius 1 is 0.905 bits per heavy atom. The summed E-state index contributed by atoms with van der Waals surface area (Å²) in [5.74, 6) is 0.277. The lowest BCUT2D eigenvalue weighted by molar-refractivity contribution is 0.0984. The molecule has 2 atom stereocenters. The van der Waals surface area contributed by atoms with E-state index in [-0.39, 0.29) is 11.8 Å². The van der Waals surface area contributed by atoms with E-state index in [0.29, 0.717) is 12.5 Å². The van der Waals surface area contributed by atoms with Gasteiger partial charge in [0, 0.05) is 24.1 Å². The normalized spacial score (nSPS) is 23.7. The molecule has 106 valence electrons. The first-order chi connectivity index (χ1) is 10.3. The second-order valence-corrected chi connectivity index (χ2v) is 6.14. The van der Waals surface area contributed by atoms with Crippen molar-refractivity contribution in [3.8, 4) is 0 Å². The number of hydrogen-bond donors (Lipinski definition) is 1. The van der Waals surface area contributed by atoms with Crippen molar-refractivity contribution in [2.75, 3.05) is 0 Å². The molecule has 0 heterocycles. The minimum atomic E-state index is 0.198. The zero-order chi connectivity index (χ0) is 14.2. The van der Waals surface area contributed by atoms with Gasteiger partial charge in [0.05, 0.1) is 0 Å². The highest BCUT2D eigenvalue weighted by molar-refractivity contribution is 6.01. The number of ketones is 1. The molecule has 2 nitrogen and oxygen atoms in total. The lowest BCUT2D eigenvalue weighted by Crippen LogP contribution is -2.36. The monoisotopic (exact) mass is 277 g/mol. The van der Waals surface area contributed by atoms with Crippen molar-refractivity contribution in [2.45, 2.75) is 37.8 Å². The number of nitrogens with one attached hydrogen (secondary N) is 1. The Labute approximate surface area is 125 Å². The molecule has 2 aliphatic carbocycles. The lowest BCUT2D eigenvalue weighted by atomic mass is 9.88. The number of carbonyl (C=O) groups is 1. The van der Waals surface area contributed by atoms with Gasteiger partial charge in [0.25, 0.3) is 0 Å². The maximum Gasteiger partial charge on any atom is 0.165 e. The van der Waals surface area contributed by atoms with E-state index in [2.05, 4.69) is 35.6 Å². The van der Waals surface area contributed by atoms with Gasteiger partial charge >= 0.3 is 0 Å². The molecule has 4 rings (SSSR count). The Balaban J connectivity index is 1.52. The summed E-state index contributed by atoms with van der Waals surface area (Å²) in [5.41, 5.74) is 5.03. The van der Waals surface area contributed by atoms with Gasteiger partial charge < -0.3 is 5.32 Å². The van der Waals surface area contributed by atoms with Crippen molar-refractivity contribution in [1.29, 1.82) is 0 Å². The molecule has 21 heavy (non-hydrogen) atoms. The summed E-state index contributed by atoms with van der Waals surface area (Å²) in [7, 11) is 0. The second kappa shape index (κ2) is 5.12. The van der Waals surface area contributed by atoms with Gasteiger partial charge in [-0.05, 0) is 36.0 Å². The minimum Gasteiger partial charge on any atom is -0.306 e. The van der Waals surface area contributed by atoms with Gasteiger partial charge in [-0.25, -0.2) is 0 Å². The maximum absolute atomic E-state index is 12.1. The Morgan fingerprint density at radius 3 is 2.57 bits per heavy atom. The number of aryl methyl sites for hydroxylation is 1. The molecule has 2 heteroatoms. The van der Waals surface area contributed by atoms with Gasteiger partial charge in [0.1, 0.15) is 0 Å². The molecule has 0 radical (unpaired) electrons. The number of carbonyl (C=O) groups excluding carboxylic acids is 1. The standard InChI is InChI=1S/C19H19NO/c21-19-12-18(16-7-3-4-8-17(16)19)20-15-10-9-13-5-1-2-6-14(13)11-15/h1-8,15,18,20H,9-12H2. The number of Topliss-reactive ketones (excluding diaryl/α,β-unsaturated/α-hetero) is 1. The predicted octanol–water partition coefficient (Wildman–Crippen LogP) is 3.46. The van der Waals surface area contributed by atoms with Crippen LogP contribution in [-0.4, -0.2) is 11.8 Å². The summed E-state index contributed by atoms with van der Waals surface area (Å²) in [6.07, 6.45) is 3.97. The first-order valence-electron chi connectivity index (χ1n) is 7.76. The maximum atomic E-state index is 12.1. The SMILES string of the molecule is O=C1CC(NC2CCc3ccccc3C2)c2ccccc21. The smallest absolute Gasteiger partial charge is 0.165 e. The van der Waals surface area contributed by atoms with Crippen molar-refractivity contribution in [3.63, 3.8) is 0 Å². The average Bonchev–Trinajstić information content (AvgIpc) is 2.84. The van der Waals surface area contributed by atoms with E-state index >= 15 is 0 Å². The topological polar surface area (TPSA) is 29.1 Å². The summed E-state index contributed by atoms with van der Waals surface area (Å²) >= 11 is 0. The first kappa shape index (κ1) is 12.8. The summed E-state index contributed by atoms with van der Waals surface area (Å²) in [6.45, 7) is 0. The fourth-order valence-electron chi connectivity index (χ4n) is 3.73. The van der Waals surface area contributed by atoms with Gasteiger partial charge in [-0.15, -0.1) is 0 Å². The molecule has 2 aliphatic rings. The number of hydrogen-bond acceptors (Lipinski definition) is 2. The molecular weight excluding hydrogens is 258 g/mol. The van der Waals surface area contributed by atoms with Crippen LogP contribution in [0.25, 0.3) is 0 Å². The van der Waals surface area contributed by atoms with Crippen LogP contribution >= 0.6 is 0 Å². The summed E-state index contributed by atoms with van der Waals surface area (Å²) in [4.78, 5) is 12.1. The molecule has 0 aromatic heterocycles. The van der Waals surface area contributed by atoms with Crippen LogP contribution in [0.3, 0.4) is 0 Å². The quantitative estimate of drug-likeness (QED) is 0.910. The third-order valence-corrected chi connectivity index (χ3v) is 4.81. The molecule has 1 N–H and O–H groups in total. The molecule has 0 fully saturated rings. The van der Waals surface area contributed by atoms with Crippen LogP contribution < -0.4 is 5.32 Å². The van der Waals surface area contributed by atoms with Crippen molar-refractivity contribution in [1.82, 2.24) is 5.32 Å². The van der Waals surface area contributed by atoms with Crippen LogP contribution in [0.15, 0.2) is 48.5 Å². The molecule has 0 aliphatic heterocycles. The Bertz CT molecular complexity index is 691. The van der Waals surface area contributed by atoms with Gasteiger partial charge in [0.15, 0.2) is 5.78 Å². The number of fused-ring (bicyclic) bond motifs is 2. The highest BCUT2D eigenvalue weighted by atomic mass is 16.1. The van der Waals surface area contributed by atoms with E-state index in [9.17, 15) is 4.79 Å². The van der Waals surface area contributed by atoms with Gasteiger partial charge in [-0.1, -0.05) is 48.5 Å². The molecule has 2 aromatic carbocycles. The number of benzene rings is 2. The largest absolute Gasteiger partial charge is 0.306 e. The average molecular weight is 277 g/mol. The highest BCUT2D eigenvalue weighted by Gasteiger charge is 2.31. The van der Waals surface area contributed by atoms with E-state index in [0.717, 1.165) is 24.8 Å². The zero-order valence-electron chi connectivity index (χ0n) is 12.0. The molecule has 0 saturated carbocycles. The molecular formula is C19H19NO. The van der Waals surface area contributed by atoms with Crippen LogP contribution in [0.2, 0.25) is 0 Å². The summed E-state index contributed by atoms with van der Waals surface area (Å²) < 4.78 is 0. The van der Waals surface area contributed by atoms with Crippen molar-refractivity contribution < 1.29 is 4.79 Å². The predicted molar refractivity (Wildman–Crippen MR) is 83.5 cm³/mol. The van der Waals surface area contributed by atoms with E-state index < -0.39 is 0 Å². The fraction of sp³-hybridized carbons (Fsp3) is 0.316. The van der Waals surface area contributed by atoms with E-state index in [1.165, 1.54) is 16.7 Å². The molecule has 0 amide bonds. The summed E-state index contributed by atoms with van der Waals surface area (Å²) in [5, 5.41) is 3.72. The third-order valence-electron chi connectivity index (χ3n) is 4.81. The molecule has 0 saturated heterocycles. The van der Waals surface area contributed by atoms with E-state index in [4.69, 9.17) is 0 Å². The van der Waals surface area contributed by atoms with Crippen molar-refractivity contribution >= 4 is 5.78 Å². The Morgan fingerprint density at radius 2 is 1.67 bits per heavy atom. The molecule has 0 spiro atoms. The van der Waals surface area contributed by atoms with Gasteiger partial charge in [-0.2, -0.15) is 0 Å². The van der Waals surface area contributed by atoms with Crippen LogP contribution in [-0.2, 0) is 12.8 Å². The van der Waals surface area contributed by atoms with Crippen LogP contribution in [0.5, 0.6) is 0 Å². The van der Waals surface area contributed by atoms with Crippen LogP contribution in [0, 0.1) is 0 Å². The van der Waals surface area contributed by atoms with E-state index in [1.807, 2.05) is 18.2 Å². The highest BCUT2D eigenvalue weighted by Crippen LogP contribution is 2.32. The zero-order valence-corrected chi connectivity index (χ0v) is 12.0. The van der Waals surface area contributed by atoms with Gasteiger partial charge in [-0.3, -0.25) is 4.79 Å². The third kappa shape index (κ3) is 2.30. The number of rotatable bonds is 2. The van der Waals surface area contributed by atoms with Gasteiger partial charge in [0.2, 0.25) is 0 Å². The van der Waals surface area contributed by atoms with Crippen molar-refractivity contribution in [3.05, 3.63) is 70.8 Å². The van der Waals surface area contributed by atoms with Crippen molar-refractivity contribution in [2.24, 2.45) is 0 Å². The van der Waals surface area contributed by atoms with E-state index in [1.54, 1.807) is 0 Å². The second-order valence-electron chi connectivity index (χ2n) is 6.14. The Hall–Kier alpha value is -1.93. The molecule has 0 bridgehead atoms. The molecule has 2 aromatic rings. The minimum absolute atomic E-state index is 0.198. The first-order valence-corrected chi connectivity index (χ1v) is 7.76. The van der Waals surface area contributed by atoms with Crippen LogP contribution in [0.1, 0.15) is 45.9 Å². The molecule has 2 unspecified atom stereocenters. The fourth-order valence-corrected chi connectivity index (χ4v) is 3.73. The Kier molecular flexibility index (Phi) is 3.12. The summed E-state index contributed by atoms with van der Waals surface area (Å²) in [6, 6.07) is 17.4.